The maximum atomic E-state index is 12.6. The minimum absolute atomic E-state index is 0.0731. The summed E-state index contributed by atoms with van der Waals surface area (Å²) < 4.78 is 6.69. The lowest BCUT2D eigenvalue weighted by Gasteiger charge is -2.03. The Morgan fingerprint density at radius 2 is 1.88 bits per heavy atom. The number of fused-ring (bicyclic) bond motifs is 1. The molecule has 0 radical (unpaired) electrons. The highest BCUT2D eigenvalue weighted by Gasteiger charge is 2.16. The number of aliphatic imine (C=N–C) groups is 1. The molecular formula is C20H17N3O2. The van der Waals surface area contributed by atoms with Gasteiger partial charge in [-0.05, 0) is 36.4 Å². The smallest absolute Gasteiger partial charge is 0.274 e. The summed E-state index contributed by atoms with van der Waals surface area (Å²) in [5, 5.41) is 3.14. The van der Waals surface area contributed by atoms with Gasteiger partial charge in [-0.2, -0.15) is 0 Å². The normalized spacial score (nSPS) is 14.1. The molecule has 5 heteroatoms. The Bertz CT molecular complexity index is 1050. The summed E-state index contributed by atoms with van der Waals surface area (Å²) in [4.78, 5) is 17.0. The fourth-order valence-electron chi connectivity index (χ4n) is 2.99. The van der Waals surface area contributed by atoms with Crippen LogP contribution in [0.2, 0.25) is 0 Å². The zero-order valence-corrected chi connectivity index (χ0v) is 14.0. The Balaban J connectivity index is 1.85. The molecule has 5 nitrogen and oxygen atoms in total. The van der Waals surface area contributed by atoms with Gasteiger partial charge in [0, 0.05) is 30.0 Å². The van der Waals surface area contributed by atoms with E-state index < -0.39 is 0 Å². The van der Waals surface area contributed by atoms with E-state index in [4.69, 9.17) is 4.74 Å². The molecule has 2 heterocycles. The highest BCUT2D eigenvalue weighted by Crippen LogP contribution is 2.33. The van der Waals surface area contributed by atoms with Gasteiger partial charge in [-0.25, -0.2) is 0 Å². The number of methoxy groups -OCH3 is 1. The average molecular weight is 331 g/mol. The van der Waals surface area contributed by atoms with Crippen molar-refractivity contribution in [2.24, 2.45) is 12.0 Å². The van der Waals surface area contributed by atoms with Gasteiger partial charge in [0.15, 0.2) is 0 Å². The van der Waals surface area contributed by atoms with Crippen LogP contribution in [0.25, 0.3) is 22.9 Å². The van der Waals surface area contributed by atoms with Crippen LogP contribution < -0.4 is 10.3 Å². The summed E-state index contributed by atoms with van der Waals surface area (Å²) in [6.45, 7) is 0. The van der Waals surface area contributed by atoms with Crippen LogP contribution in [-0.4, -0.2) is 23.1 Å². The van der Waals surface area contributed by atoms with Crippen LogP contribution in [0.1, 0.15) is 11.1 Å². The second-order valence-corrected chi connectivity index (χ2v) is 5.87. The molecule has 2 aromatic carbocycles. The van der Waals surface area contributed by atoms with Crippen molar-refractivity contribution < 1.29 is 4.74 Å². The molecule has 0 aliphatic carbocycles. The maximum absolute atomic E-state index is 12.6. The van der Waals surface area contributed by atoms with E-state index in [2.05, 4.69) is 10.1 Å². The molecule has 3 aromatic rings. The van der Waals surface area contributed by atoms with Crippen molar-refractivity contribution in [2.45, 2.75) is 0 Å². The standard InChI is InChI=1S/C20H17N3O2/c1-23-20(24)17(11-14-12-21-18-6-4-3-5-16(14)18)19(22-23)13-7-9-15(25-2)10-8-13/h3-12,22H,1-2H3. The SMILES string of the molecule is COc1ccc(-c2[nH]n(C)c(=O)c2C=C2C=Nc3ccccc32)cc1. The molecule has 0 saturated heterocycles. The van der Waals surface area contributed by atoms with E-state index >= 15 is 0 Å². The van der Waals surface area contributed by atoms with Crippen LogP contribution in [0, 0.1) is 0 Å². The summed E-state index contributed by atoms with van der Waals surface area (Å²) in [6.07, 6.45) is 3.70. The van der Waals surface area contributed by atoms with Crippen LogP contribution in [0.3, 0.4) is 0 Å². The second kappa shape index (κ2) is 5.94. The number of H-pyrrole nitrogens is 1. The summed E-state index contributed by atoms with van der Waals surface area (Å²) in [5.41, 5.74) is 5.14. The molecule has 0 amide bonds. The van der Waals surface area contributed by atoms with Crippen LogP contribution in [0.15, 0.2) is 58.3 Å². The van der Waals surface area contributed by atoms with Crippen molar-refractivity contribution in [1.29, 1.82) is 0 Å². The zero-order valence-electron chi connectivity index (χ0n) is 14.0. The fraction of sp³-hybridized carbons (Fsp3) is 0.100. The van der Waals surface area contributed by atoms with E-state index in [0.29, 0.717) is 5.56 Å². The Labute approximate surface area is 144 Å². The van der Waals surface area contributed by atoms with E-state index in [0.717, 1.165) is 33.8 Å². The molecule has 124 valence electrons. The molecule has 0 atom stereocenters. The number of benzene rings is 2. The second-order valence-electron chi connectivity index (χ2n) is 5.87. The Hall–Kier alpha value is -3.34. The van der Waals surface area contributed by atoms with E-state index in [1.54, 1.807) is 20.4 Å². The predicted octanol–water partition coefficient (Wildman–Crippen LogP) is 3.65. The predicted molar refractivity (Wildman–Crippen MR) is 100 cm³/mol. The van der Waals surface area contributed by atoms with E-state index in [-0.39, 0.29) is 5.56 Å². The van der Waals surface area contributed by atoms with Crippen LogP contribution >= 0.6 is 0 Å². The Morgan fingerprint density at radius 3 is 2.64 bits per heavy atom. The van der Waals surface area contributed by atoms with Gasteiger partial charge in [0.25, 0.3) is 5.56 Å². The molecule has 0 fully saturated rings. The lowest BCUT2D eigenvalue weighted by Crippen LogP contribution is -2.13. The molecule has 0 saturated carbocycles. The van der Waals surface area contributed by atoms with Crippen molar-refractivity contribution in [3.05, 3.63) is 70.0 Å². The number of aromatic nitrogens is 2. The number of hydrogen-bond donors (Lipinski definition) is 1. The number of ether oxygens (including phenoxy) is 1. The first-order valence-corrected chi connectivity index (χ1v) is 7.96. The highest BCUT2D eigenvalue weighted by atomic mass is 16.5. The largest absolute Gasteiger partial charge is 0.497 e. The summed E-state index contributed by atoms with van der Waals surface area (Å²) in [7, 11) is 3.35. The highest BCUT2D eigenvalue weighted by molar-refractivity contribution is 6.21. The summed E-state index contributed by atoms with van der Waals surface area (Å²) in [6, 6.07) is 15.5. The van der Waals surface area contributed by atoms with Crippen molar-refractivity contribution in [1.82, 2.24) is 9.78 Å². The third-order valence-corrected chi connectivity index (χ3v) is 4.32. The summed E-state index contributed by atoms with van der Waals surface area (Å²) >= 11 is 0. The molecule has 1 aliphatic heterocycles. The van der Waals surface area contributed by atoms with Crippen LogP contribution in [-0.2, 0) is 7.05 Å². The molecule has 25 heavy (non-hydrogen) atoms. The van der Waals surface area contributed by atoms with Gasteiger partial charge in [0.05, 0.1) is 24.1 Å². The Morgan fingerprint density at radius 1 is 1.12 bits per heavy atom. The number of nitrogens with zero attached hydrogens (tertiary/aromatic N) is 2. The molecule has 0 bridgehead atoms. The van der Waals surface area contributed by atoms with E-state index in [1.165, 1.54) is 4.68 Å². The number of aromatic amines is 1. The quantitative estimate of drug-likeness (QED) is 0.796. The van der Waals surface area contributed by atoms with Gasteiger partial charge in [-0.3, -0.25) is 19.6 Å². The van der Waals surface area contributed by atoms with E-state index in [9.17, 15) is 4.79 Å². The molecule has 1 N–H and O–H groups in total. The van der Waals surface area contributed by atoms with Crippen molar-refractivity contribution >= 4 is 23.6 Å². The molecule has 4 rings (SSSR count). The molecule has 0 unspecified atom stereocenters. The van der Waals surface area contributed by atoms with Gasteiger partial charge < -0.3 is 4.74 Å². The average Bonchev–Trinajstić information content (AvgIpc) is 3.18. The van der Waals surface area contributed by atoms with Gasteiger partial charge in [-0.15, -0.1) is 0 Å². The van der Waals surface area contributed by atoms with Gasteiger partial charge in [0.2, 0.25) is 0 Å². The third-order valence-electron chi connectivity index (χ3n) is 4.32. The maximum Gasteiger partial charge on any atom is 0.274 e. The number of aryl methyl sites for hydroxylation is 1. The van der Waals surface area contributed by atoms with E-state index in [1.807, 2.05) is 54.6 Å². The number of nitrogens with one attached hydrogen (secondary N) is 1. The van der Waals surface area contributed by atoms with Gasteiger partial charge >= 0.3 is 0 Å². The number of allylic oxidation sites excluding steroid dienone is 1. The lowest BCUT2D eigenvalue weighted by molar-refractivity contribution is 0.415. The number of hydrogen-bond acceptors (Lipinski definition) is 3. The number of para-hydroxylation sites is 1. The molecule has 0 spiro atoms. The van der Waals surface area contributed by atoms with Crippen molar-refractivity contribution in [2.75, 3.05) is 7.11 Å². The van der Waals surface area contributed by atoms with Crippen LogP contribution in [0.5, 0.6) is 5.75 Å². The van der Waals surface area contributed by atoms with Gasteiger partial charge in [-0.1, -0.05) is 18.2 Å². The zero-order chi connectivity index (χ0) is 17.4. The fourth-order valence-corrected chi connectivity index (χ4v) is 2.99. The Kier molecular flexibility index (Phi) is 3.61. The third kappa shape index (κ3) is 2.59. The minimum Gasteiger partial charge on any atom is -0.497 e. The topological polar surface area (TPSA) is 59.4 Å². The lowest BCUT2D eigenvalue weighted by atomic mass is 10.0. The number of rotatable bonds is 3. The van der Waals surface area contributed by atoms with Crippen LogP contribution in [0.4, 0.5) is 5.69 Å². The molecular weight excluding hydrogens is 314 g/mol. The minimum atomic E-state index is -0.0731. The molecule has 1 aliphatic rings. The van der Waals surface area contributed by atoms with Crippen molar-refractivity contribution in [3.63, 3.8) is 0 Å². The first-order chi connectivity index (χ1) is 12.2. The van der Waals surface area contributed by atoms with Gasteiger partial charge in [0.1, 0.15) is 5.75 Å². The first-order valence-electron chi connectivity index (χ1n) is 7.96. The first kappa shape index (κ1) is 15.2. The monoisotopic (exact) mass is 331 g/mol. The van der Waals surface area contributed by atoms with Crippen molar-refractivity contribution in [3.8, 4) is 17.0 Å². The molecule has 1 aromatic heterocycles. The summed E-state index contributed by atoms with van der Waals surface area (Å²) in [5.74, 6) is 0.777.